The summed E-state index contributed by atoms with van der Waals surface area (Å²) >= 11 is 0. The summed E-state index contributed by atoms with van der Waals surface area (Å²) in [6.45, 7) is 3.98. The van der Waals surface area contributed by atoms with Gasteiger partial charge in [0.05, 0.1) is 12.7 Å². The minimum absolute atomic E-state index is 0.204. The van der Waals surface area contributed by atoms with E-state index < -0.39 is 6.10 Å². The van der Waals surface area contributed by atoms with Gasteiger partial charge in [-0.2, -0.15) is 0 Å². The largest absolute Gasteiger partial charge is 0.394 e. The van der Waals surface area contributed by atoms with Crippen molar-refractivity contribution >= 4 is 0 Å². The number of hydrogen-bond donors (Lipinski definition) is 2. The molecule has 1 aromatic heterocycles. The highest BCUT2D eigenvalue weighted by atomic mass is 16.3. The third kappa shape index (κ3) is 3.93. The fourth-order valence-corrected chi connectivity index (χ4v) is 1.18. The smallest absolute Gasteiger partial charge is 0.128 e. The number of aliphatic hydroxyl groups is 2. The van der Waals surface area contributed by atoms with E-state index in [0.29, 0.717) is 24.6 Å². The highest BCUT2D eigenvalue weighted by molar-refractivity contribution is 5.09. The molecule has 1 aromatic rings. The van der Waals surface area contributed by atoms with Crippen LogP contribution < -0.4 is 0 Å². The summed E-state index contributed by atoms with van der Waals surface area (Å²) in [7, 11) is 0. The summed E-state index contributed by atoms with van der Waals surface area (Å²) in [4.78, 5) is 8.40. The molecule has 4 nitrogen and oxygen atoms in total. The lowest BCUT2D eigenvalue weighted by atomic mass is 10.1. The van der Waals surface area contributed by atoms with Crippen molar-refractivity contribution in [3.8, 4) is 0 Å². The number of nitrogens with zero attached hydrogens (tertiary/aromatic N) is 2. The maximum absolute atomic E-state index is 9.16. The minimum Gasteiger partial charge on any atom is -0.394 e. The Hall–Kier alpha value is -1.00. The van der Waals surface area contributed by atoms with Gasteiger partial charge in [-0.1, -0.05) is 13.8 Å². The van der Waals surface area contributed by atoms with Crippen LogP contribution in [0.3, 0.4) is 0 Å². The Morgan fingerprint density at radius 1 is 1.27 bits per heavy atom. The summed E-state index contributed by atoms with van der Waals surface area (Å²) in [5, 5.41) is 17.8. The summed E-state index contributed by atoms with van der Waals surface area (Å²) in [6, 6.07) is 0. The van der Waals surface area contributed by atoms with Crippen LogP contribution in [0.25, 0.3) is 0 Å². The van der Waals surface area contributed by atoms with E-state index in [4.69, 9.17) is 10.2 Å². The Balaban J connectivity index is 2.50. The summed E-state index contributed by atoms with van der Waals surface area (Å²) in [5.74, 6) is 1.15. The normalized spacial score (nSPS) is 13.1. The maximum Gasteiger partial charge on any atom is 0.128 e. The minimum atomic E-state index is -0.668. The number of rotatable bonds is 5. The monoisotopic (exact) mass is 210 g/mol. The fourth-order valence-electron chi connectivity index (χ4n) is 1.18. The van der Waals surface area contributed by atoms with Crippen LogP contribution in [-0.4, -0.2) is 32.9 Å². The molecule has 0 fully saturated rings. The number of aryl methyl sites for hydroxylation is 1. The lowest BCUT2D eigenvalue weighted by Gasteiger charge is -2.07. The van der Waals surface area contributed by atoms with Gasteiger partial charge in [0.15, 0.2) is 0 Å². The molecule has 1 unspecified atom stereocenters. The van der Waals surface area contributed by atoms with Crippen LogP contribution in [0.4, 0.5) is 0 Å². The molecule has 4 heteroatoms. The standard InChI is InChI=1S/C11H18N2O2/c1-8(2)9-5-12-11(13-6-9)4-3-10(15)7-14/h5-6,8,10,14-15H,3-4,7H2,1-2H3. The van der Waals surface area contributed by atoms with Crippen LogP contribution in [0.5, 0.6) is 0 Å². The van der Waals surface area contributed by atoms with Crippen LogP contribution in [0.2, 0.25) is 0 Å². The number of aromatic nitrogens is 2. The Bertz CT molecular complexity index is 285. The number of aliphatic hydroxyl groups excluding tert-OH is 2. The van der Waals surface area contributed by atoms with Gasteiger partial charge in [0.1, 0.15) is 5.82 Å². The predicted molar refractivity (Wildman–Crippen MR) is 57.5 cm³/mol. The van der Waals surface area contributed by atoms with E-state index in [1.807, 2.05) is 12.4 Å². The zero-order chi connectivity index (χ0) is 11.3. The van der Waals surface area contributed by atoms with Gasteiger partial charge in [0.2, 0.25) is 0 Å². The van der Waals surface area contributed by atoms with Gasteiger partial charge in [-0.05, 0) is 17.9 Å². The zero-order valence-corrected chi connectivity index (χ0v) is 9.22. The molecule has 0 amide bonds. The molecule has 1 heterocycles. The number of hydrogen-bond acceptors (Lipinski definition) is 4. The molecule has 1 rings (SSSR count). The Morgan fingerprint density at radius 2 is 1.87 bits per heavy atom. The topological polar surface area (TPSA) is 66.2 Å². The van der Waals surface area contributed by atoms with E-state index in [-0.39, 0.29) is 6.61 Å². The van der Waals surface area contributed by atoms with Crippen LogP contribution in [0, 0.1) is 0 Å². The first-order valence-corrected chi connectivity index (χ1v) is 5.23. The van der Waals surface area contributed by atoms with Crippen molar-refractivity contribution in [2.75, 3.05) is 6.61 Å². The quantitative estimate of drug-likeness (QED) is 0.757. The lowest BCUT2D eigenvalue weighted by Crippen LogP contribution is -2.13. The lowest BCUT2D eigenvalue weighted by molar-refractivity contribution is 0.0881. The molecule has 0 spiro atoms. The van der Waals surface area contributed by atoms with E-state index in [0.717, 1.165) is 5.56 Å². The molecule has 15 heavy (non-hydrogen) atoms. The Morgan fingerprint density at radius 3 is 2.33 bits per heavy atom. The van der Waals surface area contributed by atoms with Crippen molar-refractivity contribution in [1.29, 1.82) is 0 Å². The summed E-state index contributed by atoms with van der Waals surface area (Å²) < 4.78 is 0. The molecular weight excluding hydrogens is 192 g/mol. The van der Waals surface area contributed by atoms with Gasteiger partial charge in [-0.25, -0.2) is 9.97 Å². The van der Waals surface area contributed by atoms with Crippen LogP contribution in [-0.2, 0) is 6.42 Å². The van der Waals surface area contributed by atoms with E-state index in [1.54, 1.807) is 0 Å². The molecule has 1 atom stereocenters. The molecule has 2 N–H and O–H groups in total. The third-order valence-electron chi connectivity index (χ3n) is 2.30. The van der Waals surface area contributed by atoms with Crippen molar-refractivity contribution in [3.63, 3.8) is 0 Å². The fraction of sp³-hybridized carbons (Fsp3) is 0.636. The Labute approximate surface area is 90.0 Å². The maximum atomic E-state index is 9.16. The first-order chi connectivity index (χ1) is 7.13. The van der Waals surface area contributed by atoms with Crippen molar-refractivity contribution in [3.05, 3.63) is 23.8 Å². The van der Waals surface area contributed by atoms with Crippen molar-refractivity contribution in [2.45, 2.75) is 38.7 Å². The van der Waals surface area contributed by atoms with Gasteiger partial charge < -0.3 is 10.2 Å². The SMILES string of the molecule is CC(C)c1cnc(CCC(O)CO)nc1. The van der Waals surface area contributed by atoms with Gasteiger partial charge in [0, 0.05) is 18.8 Å². The van der Waals surface area contributed by atoms with E-state index in [2.05, 4.69) is 23.8 Å². The first-order valence-electron chi connectivity index (χ1n) is 5.23. The van der Waals surface area contributed by atoms with E-state index >= 15 is 0 Å². The van der Waals surface area contributed by atoms with Crippen LogP contribution in [0.1, 0.15) is 37.6 Å². The molecule has 0 radical (unpaired) electrons. The second kappa shape index (κ2) is 5.78. The second-order valence-electron chi connectivity index (χ2n) is 3.96. The van der Waals surface area contributed by atoms with E-state index in [9.17, 15) is 0 Å². The predicted octanol–water partition coefficient (Wildman–Crippen LogP) is 0.886. The van der Waals surface area contributed by atoms with Gasteiger partial charge >= 0.3 is 0 Å². The molecule has 0 saturated heterocycles. The van der Waals surface area contributed by atoms with Gasteiger partial charge in [-0.3, -0.25) is 0 Å². The molecular formula is C11H18N2O2. The van der Waals surface area contributed by atoms with E-state index in [1.165, 1.54) is 0 Å². The summed E-state index contributed by atoms with van der Waals surface area (Å²) in [5.41, 5.74) is 1.11. The molecule has 0 aliphatic rings. The van der Waals surface area contributed by atoms with Crippen molar-refractivity contribution in [1.82, 2.24) is 9.97 Å². The van der Waals surface area contributed by atoms with Gasteiger partial charge in [-0.15, -0.1) is 0 Å². The molecule has 0 bridgehead atoms. The second-order valence-corrected chi connectivity index (χ2v) is 3.96. The van der Waals surface area contributed by atoms with Crippen molar-refractivity contribution in [2.24, 2.45) is 0 Å². The molecule has 0 aromatic carbocycles. The third-order valence-corrected chi connectivity index (χ3v) is 2.30. The van der Waals surface area contributed by atoms with Crippen molar-refractivity contribution < 1.29 is 10.2 Å². The molecule has 0 aliphatic carbocycles. The highest BCUT2D eigenvalue weighted by Crippen LogP contribution is 2.11. The van der Waals surface area contributed by atoms with Gasteiger partial charge in [0.25, 0.3) is 0 Å². The average Bonchev–Trinajstić information content (AvgIpc) is 2.26. The average molecular weight is 210 g/mol. The van der Waals surface area contributed by atoms with Crippen LogP contribution in [0.15, 0.2) is 12.4 Å². The Kier molecular flexibility index (Phi) is 4.65. The zero-order valence-electron chi connectivity index (χ0n) is 9.22. The summed E-state index contributed by atoms with van der Waals surface area (Å²) in [6.07, 6.45) is 4.06. The highest BCUT2D eigenvalue weighted by Gasteiger charge is 2.05. The molecule has 84 valence electrons. The molecule has 0 saturated carbocycles. The first kappa shape index (κ1) is 12.1. The molecule has 0 aliphatic heterocycles. The van der Waals surface area contributed by atoms with Crippen LogP contribution >= 0.6 is 0 Å².